The molecule has 2 rings (SSSR count). The van der Waals surface area contributed by atoms with E-state index in [0.29, 0.717) is 11.8 Å². The van der Waals surface area contributed by atoms with E-state index in [1.165, 1.54) is 6.42 Å². The molecule has 0 radical (unpaired) electrons. The van der Waals surface area contributed by atoms with Crippen LogP contribution in [0.25, 0.3) is 0 Å². The van der Waals surface area contributed by atoms with Crippen LogP contribution in [0.2, 0.25) is 6.32 Å². The smallest absolute Gasteiger partial charge is 0.403 e. The first-order valence-electron chi connectivity index (χ1n) is 10.9. The summed E-state index contributed by atoms with van der Waals surface area (Å²) in [5.74, 6) is 1.25. The Kier molecular flexibility index (Phi) is 6.49. The molecule has 0 spiro atoms. The topological polar surface area (TPSA) is 47.6 Å². The van der Waals surface area contributed by atoms with Crippen LogP contribution in [0.15, 0.2) is 0 Å². The van der Waals surface area contributed by atoms with E-state index < -0.39 is 0 Å². The highest BCUT2D eigenvalue weighted by Crippen LogP contribution is 2.47. The minimum absolute atomic E-state index is 0.131. The molecule has 2 aliphatic rings. The van der Waals surface area contributed by atoms with Crippen molar-refractivity contribution < 1.29 is 14.1 Å². The van der Waals surface area contributed by atoms with Gasteiger partial charge in [-0.1, -0.05) is 33.1 Å². The molecule has 2 fully saturated rings. The zero-order valence-corrected chi connectivity index (χ0v) is 19.2. The van der Waals surface area contributed by atoms with E-state index in [4.69, 9.17) is 9.31 Å². The highest BCUT2D eigenvalue weighted by Gasteiger charge is 2.51. The fourth-order valence-electron chi connectivity index (χ4n) is 4.74. The van der Waals surface area contributed by atoms with Crippen LogP contribution in [0.4, 0.5) is 0 Å². The predicted octanol–water partition coefficient (Wildman–Crippen LogP) is 5.22. The van der Waals surface area contributed by atoms with Gasteiger partial charge < -0.3 is 14.6 Å². The van der Waals surface area contributed by atoms with Gasteiger partial charge in [0.2, 0.25) is 5.91 Å². The van der Waals surface area contributed by atoms with E-state index in [1.807, 2.05) is 0 Å². The molecule has 0 bridgehead atoms. The molecule has 0 aromatic heterocycles. The van der Waals surface area contributed by atoms with Gasteiger partial charge >= 0.3 is 7.12 Å². The van der Waals surface area contributed by atoms with Crippen LogP contribution in [-0.2, 0) is 14.1 Å². The lowest BCUT2D eigenvalue weighted by molar-refractivity contribution is -0.138. The number of rotatable bonds is 5. The molecule has 1 amide bonds. The van der Waals surface area contributed by atoms with Gasteiger partial charge in [-0.3, -0.25) is 4.79 Å². The first-order valence-corrected chi connectivity index (χ1v) is 10.9. The van der Waals surface area contributed by atoms with Crippen molar-refractivity contribution in [3.63, 3.8) is 0 Å². The number of nitrogens with one attached hydrogen (secondary N) is 1. The summed E-state index contributed by atoms with van der Waals surface area (Å²) in [6.07, 6.45) is 6.34. The Balaban J connectivity index is 1.99. The lowest BCUT2D eigenvalue weighted by atomic mass is 9.60. The molecule has 0 aromatic carbocycles. The van der Waals surface area contributed by atoms with Gasteiger partial charge in [-0.25, -0.2) is 0 Å². The van der Waals surface area contributed by atoms with Gasteiger partial charge in [0.05, 0.1) is 11.2 Å². The molecular formula is C22H42BNO3. The SMILES string of the molecule is CC[C@@H]1CC[C@@H](CCB2OC(C)(C)C(C)(C)O2)C[C@]1(C)C(=O)NC(C)(C)C. The van der Waals surface area contributed by atoms with Crippen LogP contribution >= 0.6 is 0 Å². The molecule has 1 heterocycles. The van der Waals surface area contributed by atoms with E-state index in [0.717, 1.165) is 32.0 Å². The van der Waals surface area contributed by atoms with Gasteiger partial charge in [-0.15, -0.1) is 0 Å². The molecule has 4 nitrogen and oxygen atoms in total. The summed E-state index contributed by atoms with van der Waals surface area (Å²) < 4.78 is 12.3. The normalized spacial score (nSPS) is 33.1. The first kappa shape index (κ1) is 22.7. The van der Waals surface area contributed by atoms with Gasteiger partial charge in [-0.05, 0) is 79.5 Å². The van der Waals surface area contributed by atoms with E-state index in [2.05, 4.69) is 67.6 Å². The molecular weight excluding hydrogens is 337 g/mol. The Bertz CT molecular complexity index is 524. The largest absolute Gasteiger partial charge is 0.457 e. The first-order chi connectivity index (χ1) is 12.2. The van der Waals surface area contributed by atoms with Crippen LogP contribution in [-0.4, -0.2) is 29.8 Å². The molecule has 5 heteroatoms. The maximum Gasteiger partial charge on any atom is 0.457 e. The van der Waals surface area contributed by atoms with E-state index in [-0.39, 0.29) is 35.2 Å². The van der Waals surface area contributed by atoms with Crippen molar-refractivity contribution in [1.82, 2.24) is 5.32 Å². The van der Waals surface area contributed by atoms with Crippen LogP contribution in [0, 0.1) is 17.3 Å². The van der Waals surface area contributed by atoms with Crippen LogP contribution < -0.4 is 5.32 Å². The molecule has 156 valence electrons. The number of carbonyl (C=O) groups excluding carboxylic acids is 1. The summed E-state index contributed by atoms with van der Waals surface area (Å²) in [6.45, 7) is 19.0. The van der Waals surface area contributed by atoms with Crippen LogP contribution in [0.5, 0.6) is 0 Å². The second kappa shape index (κ2) is 7.70. The molecule has 1 saturated heterocycles. The zero-order valence-electron chi connectivity index (χ0n) is 19.2. The minimum Gasteiger partial charge on any atom is -0.403 e. The van der Waals surface area contributed by atoms with Crippen molar-refractivity contribution in [3.8, 4) is 0 Å². The quantitative estimate of drug-likeness (QED) is 0.667. The average molecular weight is 379 g/mol. The summed E-state index contributed by atoms with van der Waals surface area (Å²) in [5, 5.41) is 3.24. The van der Waals surface area contributed by atoms with Crippen LogP contribution in [0.1, 0.15) is 94.4 Å². The minimum atomic E-state index is -0.277. The second-order valence-electron chi connectivity index (χ2n) is 11.1. The van der Waals surface area contributed by atoms with Crippen molar-refractivity contribution >= 4 is 13.0 Å². The number of hydrogen-bond donors (Lipinski definition) is 1. The summed E-state index contributed by atoms with van der Waals surface area (Å²) in [7, 11) is -0.131. The van der Waals surface area contributed by atoms with Gasteiger partial charge in [0.15, 0.2) is 0 Å². The highest BCUT2D eigenvalue weighted by atomic mass is 16.7. The summed E-state index contributed by atoms with van der Waals surface area (Å²) in [4.78, 5) is 13.1. The fraction of sp³-hybridized carbons (Fsp3) is 0.955. The van der Waals surface area contributed by atoms with Gasteiger partial charge in [0, 0.05) is 11.0 Å². The Morgan fingerprint density at radius 2 is 1.63 bits per heavy atom. The van der Waals surface area contributed by atoms with Crippen LogP contribution in [0.3, 0.4) is 0 Å². The lowest BCUT2D eigenvalue weighted by Crippen LogP contribution is -2.52. The molecule has 1 N–H and O–H groups in total. The van der Waals surface area contributed by atoms with E-state index in [1.54, 1.807) is 0 Å². The maximum absolute atomic E-state index is 13.1. The van der Waals surface area contributed by atoms with Gasteiger partial charge in [-0.2, -0.15) is 0 Å². The molecule has 1 aliphatic heterocycles. The zero-order chi connectivity index (χ0) is 20.7. The van der Waals surface area contributed by atoms with E-state index in [9.17, 15) is 4.79 Å². The second-order valence-corrected chi connectivity index (χ2v) is 11.1. The van der Waals surface area contributed by atoms with Crippen molar-refractivity contribution in [2.24, 2.45) is 17.3 Å². The standard InChI is InChI=1S/C22H42BNO3/c1-10-17-12-11-16(15-22(17,9)18(25)24-19(2,3)4)13-14-23-26-20(5,6)21(7,8)27-23/h16-17H,10-15H2,1-9H3,(H,24,25)/t16-,17+,22-/m0/s1. The van der Waals surface area contributed by atoms with Crippen molar-refractivity contribution in [2.45, 2.75) is 117 Å². The molecule has 0 unspecified atom stereocenters. The summed E-state index contributed by atoms with van der Waals surface area (Å²) >= 11 is 0. The lowest BCUT2D eigenvalue weighted by Gasteiger charge is -2.44. The highest BCUT2D eigenvalue weighted by molar-refractivity contribution is 6.45. The number of carbonyl (C=O) groups is 1. The molecule has 3 atom stereocenters. The third kappa shape index (κ3) is 5.09. The average Bonchev–Trinajstić information content (AvgIpc) is 2.71. The Hall–Kier alpha value is -0.545. The fourth-order valence-corrected chi connectivity index (χ4v) is 4.74. The third-order valence-electron chi connectivity index (χ3n) is 7.15. The molecule has 27 heavy (non-hydrogen) atoms. The monoisotopic (exact) mass is 379 g/mol. The summed E-state index contributed by atoms with van der Waals surface area (Å²) in [5.41, 5.74) is -0.994. The van der Waals surface area contributed by atoms with Gasteiger partial charge in [0.1, 0.15) is 0 Å². The third-order valence-corrected chi connectivity index (χ3v) is 7.15. The molecule has 0 aromatic rings. The Morgan fingerprint density at radius 3 is 2.11 bits per heavy atom. The maximum atomic E-state index is 13.1. The van der Waals surface area contributed by atoms with Crippen molar-refractivity contribution in [3.05, 3.63) is 0 Å². The van der Waals surface area contributed by atoms with E-state index >= 15 is 0 Å². The number of hydrogen-bond acceptors (Lipinski definition) is 3. The van der Waals surface area contributed by atoms with Crippen molar-refractivity contribution in [1.29, 1.82) is 0 Å². The molecule has 1 saturated carbocycles. The summed E-state index contributed by atoms with van der Waals surface area (Å²) in [6, 6.07) is 0. The van der Waals surface area contributed by atoms with Gasteiger partial charge in [0.25, 0.3) is 0 Å². The predicted molar refractivity (Wildman–Crippen MR) is 113 cm³/mol. The Morgan fingerprint density at radius 1 is 1.07 bits per heavy atom. The molecule has 1 aliphatic carbocycles. The van der Waals surface area contributed by atoms with Crippen molar-refractivity contribution in [2.75, 3.05) is 0 Å². The number of amides is 1. The Labute approximate surface area is 167 Å².